The van der Waals surface area contributed by atoms with Crippen molar-refractivity contribution in [3.8, 4) is 0 Å². The van der Waals surface area contributed by atoms with Crippen LogP contribution in [-0.2, 0) is 23.1 Å². The molecule has 0 spiro atoms. The lowest BCUT2D eigenvalue weighted by Crippen LogP contribution is -2.46. The third-order valence-corrected chi connectivity index (χ3v) is 4.67. The number of amides is 1. The van der Waals surface area contributed by atoms with Crippen LogP contribution in [0.5, 0.6) is 0 Å². The average Bonchev–Trinajstić information content (AvgIpc) is 2.64. The molecule has 3 rings (SSSR count). The Morgan fingerprint density at radius 1 is 1.05 bits per heavy atom. The fourth-order valence-electron chi connectivity index (χ4n) is 3.79. The Morgan fingerprint density at radius 3 is 1.91 bits per heavy atom. The zero-order valence-corrected chi connectivity index (χ0v) is 12.9. The smallest absolute Gasteiger partial charge is 0.232 e. The summed E-state index contributed by atoms with van der Waals surface area (Å²) >= 11 is 0. The number of nitrogens with two attached hydrogens (primary N) is 2. The minimum absolute atomic E-state index is 0.119. The summed E-state index contributed by atoms with van der Waals surface area (Å²) in [5.74, 6) is -0.313. The second-order valence-corrected chi connectivity index (χ2v) is 6.27. The molecule has 0 saturated carbocycles. The highest BCUT2D eigenvalue weighted by molar-refractivity contribution is 5.92. The Kier molecular flexibility index (Phi) is 3.75. The lowest BCUT2D eigenvalue weighted by Gasteiger charge is -2.34. The van der Waals surface area contributed by atoms with Crippen LogP contribution in [0, 0.1) is 0 Å². The predicted molar refractivity (Wildman–Crippen MR) is 88.5 cm³/mol. The van der Waals surface area contributed by atoms with Crippen LogP contribution < -0.4 is 11.5 Å². The van der Waals surface area contributed by atoms with Gasteiger partial charge in [-0.05, 0) is 48.4 Å². The third kappa shape index (κ3) is 2.22. The van der Waals surface area contributed by atoms with Crippen LogP contribution in [0.15, 0.2) is 48.5 Å². The highest BCUT2D eigenvalue weighted by Crippen LogP contribution is 2.42. The Bertz CT molecular complexity index is 659. The number of carbonyl (C=O) groups is 1. The van der Waals surface area contributed by atoms with Crippen molar-refractivity contribution in [3.63, 3.8) is 0 Å². The van der Waals surface area contributed by atoms with Gasteiger partial charge in [0.25, 0.3) is 0 Å². The summed E-state index contributed by atoms with van der Waals surface area (Å²) in [7, 11) is 0. The summed E-state index contributed by atoms with van der Waals surface area (Å²) in [6.45, 7) is 1.93. The van der Waals surface area contributed by atoms with E-state index in [1.807, 2.05) is 43.3 Å². The van der Waals surface area contributed by atoms with Gasteiger partial charge < -0.3 is 11.5 Å². The van der Waals surface area contributed by atoms with Gasteiger partial charge in [-0.1, -0.05) is 48.5 Å². The number of fused-ring (bicyclic) bond motifs is 2. The first-order valence-corrected chi connectivity index (χ1v) is 7.78. The van der Waals surface area contributed by atoms with E-state index in [2.05, 4.69) is 12.1 Å². The van der Waals surface area contributed by atoms with E-state index in [0.717, 1.165) is 24.0 Å². The maximum absolute atomic E-state index is 12.7. The van der Waals surface area contributed by atoms with Crippen LogP contribution in [0.25, 0.3) is 0 Å². The van der Waals surface area contributed by atoms with Gasteiger partial charge in [-0.2, -0.15) is 0 Å². The van der Waals surface area contributed by atoms with Crippen molar-refractivity contribution in [2.45, 2.75) is 37.6 Å². The van der Waals surface area contributed by atoms with Gasteiger partial charge in [0.15, 0.2) is 0 Å². The molecule has 1 atom stereocenters. The monoisotopic (exact) mass is 294 g/mol. The summed E-state index contributed by atoms with van der Waals surface area (Å²) in [4.78, 5) is 12.7. The van der Waals surface area contributed by atoms with E-state index < -0.39 is 5.41 Å². The van der Waals surface area contributed by atoms with Crippen LogP contribution in [0.3, 0.4) is 0 Å². The van der Waals surface area contributed by atoms with Gasteiger partial charge in [0.05, 0.1) is 0 Å². The number of hydrogen-bond acceptors (Lipinski definition) is 2. The van der Waals surface area contributed by atoms with Gasteiger partial charge >= 0.3 is 0 Å². The largest absolute Gasteiger partial charge is 0.369 e. The second-order valence-electron chi connectivity index (χ2n) is 6.27. The van der Waals surface area contributed by atoms with Crippen LogP contribution in [-0.4, -0.2) is 11.9 Å². The molecule has 22 heavy (non-hydrogen) atoms. The fourth-order valence-corrected chi connectivity index (χ4v) is 3.79. The molecule has 0 aliphatic heterocycles. The molecule has 3 nitrogen and oxygen atoms in total. The number of aryl methyl sites for hydroxylation is 2. The van der Waals surface area contributed by atoms with E-state index >= 15 is 0 Å². The first kappa shape index (κ1) is 14.8. The van der Waals surface area contributed by atoms with Gasteiger partial charge in [-0.15, -0.1) is 0 Å². The summed E-state index contributed by atoms with van der Waals surface area (Å²) in [5.41, 5.74) is 15.6. The molecule has 4 N–H and O–H groups in total. The van der Waals surface area contributed by atoms with Crippen molar-refractivity contribution < 1.29 is 4.79 Å². The van der Waals surface area contributed by atoms with Crippen molar-refractivity contribution in [1.82, 2.24) is 0 Å². The maximum Gasteiger partial charge on any atom is 0.232 e. The topological polar surface area (TPSA) is 69.1 Å². The Labute approximate surface area is 131 Å². The standard InChI is InChI=1S/C19H22N2O/c1-13(20)12-19(18(21)22)16-8-4-2-6-14(16)10-11-15-7-3-5-9-17(15)19/h2-9,13H,10-12,20H2,1H3,(H2,21,22)/t13-/m0/s1. The molecule has 0 heterocycles. The first-order valence-electron chi connectivity index (χ1n) is 7.78. The summed E-state index contributed by atoms with van der Waals surface area (Å²) in [6.07, 6.45) is 2.36. The molecule has 2 aromatic carbocycles. The number of carbonyl (C=O) groups excluding carboxylic acids is 1. The Balaban J connectivity index is 2.36. The van der Waals surface area contributed by atoms with Crippen LogP contribution in [0.2, 0.25) is 0 Å². The number of benzene rings is 2. The molecular formula is C19H22N2O. The molecule has 0 fully saturated rings. The van der Waals surface area contributed by atoms with Crippen LogP contribution >= 0.6 is 0 Å². The first-order chi connectivity index (χ1) is 10.6. The van der Waals surface area contributed by atoms with Crippen molar-refractivity contribution in [2.75, 3.05) is 0 Å². The van der Waals surface area contributed by atoms with Gasteiger partial charge in [0.1, 0.15) is 5.41 Å². The van der Waals surface area contributed by atoms with Gasteiger partial charge in [-0.25, -0.2) is 0 Å². The quantitative estimate of drug-likeness (QED) is 0.912. The highest BCUT2D eigenvalue weighted by atomic mass is 16.1. The molecule has 1 aliphatic rings. The molecule has 0 aromatic heterocycles. The zero-order chi connectivity index (χ0) is 15.7. The lowest BCUT2D eigenvalue weighted by atomic mass is 9.68. The van der Waals surface area contributed by atoms with Crippen molar-refractivity contribution >= 4 is 5.91 Å². The summed E-state index contributed by atoms with van der Waals surface area (Å²) in [5, 5.41) is 0. The predicted octanol–water partition coefficient (Wildman–Crippen LogP) is 2.29. The number of hydrogen-bond donors (Lipinski definition) is 2. The second kappa shape index (κ2) is 5.58. The molecule has 0 bridgehead atoms. The molecule has 0 radical (unpaired) electrons. The normalized spacial score (nSPS) is 17.0. The molecule has 1 amide bonds. The molecule has 0 saturated heterocycles. The average molecular weight is 294 g/mol. The fraction of sp³-hybridized carbons (Fsp3) is 0.316. The molecule has 3 heteroatoms. The van der Waals surface area contributed by atoms with Gasteiger partial charge in [-0.3, -0.25) is 4.79 Å². The van der Waals surface area contributed by atoms with E-state index in [1.165, 1.54) is 11.1 Å². The lowest BCUT2D eigenvalue weighted by molar-refractivity contribution is -0.122. The van der Waals surface area contributed by atoms with Crippen molar-refractivity contribution in [3.05, 3.63) is 70.8 Å². The van der Waals surface area contributed by atoms with Crippen molar-refractivity contribution in [1.29, 1.82) is 0 Å². The molecule has 114 valence electrons. The van der Waals surface area contributed by atoms with E-state index in [4.69, 9.17) is 11.5 Å². The maximum atomic E-state index is 12.7. The number of rotatable bonds is 3. The van der Waals surface area contributed by atoms with Crippen LogP contribution in [0.1, 0.15) is 35.6 Å². The zero-order valence-electron chi connectivity index (χ0n) is 12.9. The Hall–Kier alpha value is -2.13. The number of primary amides is 1. The van der Waals surface area contributed by atoms with E-state index in [0.29, 0.717) is 6.42 Å². The van der Waals surface area contributed by atoms with Gasteiger partial charge in [0.2, 0.25) is 5.91 Å². The minimum atomic E-state index is -0.835. The molecular weight excluding hydrogens is 272 g/mol. The minimum Gasteiger partial charge on any atom is -0.369 e. The molecule has 2 aromatic rings. The molecule has 1 aliphatic carbocycles. The van der Waals surface area contributed by atoms with Crippen molar-refractivity contribution in [2.24, 2.45) is 11.5 Å². The molecule has 0 unspecified atom stereocenters. The highest BCUT2D eigenvalue weighted by Gasteiger charge is 2.44. The Morgan fingerprint density at radius 2 is 1.50 bits per heavy atom. The van der Waals surface area contributed by atoms with E-state index in [9.17, 15) is 4.79 Å². The summed E-state index contributed by atoms with van der Waals surface area (Å²) < 4.78 is 0. The van der Waals surface area contributed by atoms with E-state index in [1.54, 1.807) is 0 Å². The van der Waals surface area contributed by atoms with Crippen LogP contribution in [0.4, 0.5) is 0 Å². The third-order valence-electron chi connectivity index (χ3n) is 4.67. The van der Waals surface area contributed by atoms with E-state index in [-0.39, 0.29) is 11.9 Å². The van der Waals surface area contributed by atoms with Gasteiger partial charge in [0, 0.05) is 6.04 Å². The summed E-state index contributed by atoms with van der Waals surface area (Å²) in [6, 6.07) is 16.1. The SMILES string of the molecule is C[C@H](N)CC1(C(N)=O)c2ccccc2CCc2ccccc21.